The number of ether oxygens (including phenoxy) is 3. The third kappa shape index (κ3) is 4.05. The van der Waals surface area contributed by atoms with Crippen molar-refractivity contribution in [1.82, 2.24) is 0 Å². The van der Waals surface area contributed by atoms with Crippen LogP contribution in [0, 0.1) is 0 Å². The molecule has 0 radical (unpaired) electrons. The minimum Gasteiger partial charge on any atom is -0.493 e. The summed E-state index contributed by atoms with van der Waals surface area (Å²) in [7, 11) is 0. The maximum absolute atomic E-state index is 5.86. The normalized spacial score (nSPS) is 10.2. The SMILES string of the molecule is CCOc1ccc(N)cc1COc1ccccc1OCC. The quantitative estimate of drug-likeness (QED) is 0.790. The van der Waals surface area contributed by atoms with Crippen LogP contribution in [-0.2, 0) is 6.61 Å². The lowest BCUT2D eigenvalue weighted by atomic mass is 10.2. The Labute approximate surface area is 125 Å². The monoisotopic (exact) mass is 287 g/mol. The van der Waals surface area contributed by atoms with E-state index >= 15 is 0 Å². The van der Waals surface area contributed by atoms with Crippen molar-refractivity contribution < 1.29 is 14.2 Å². The van der Waals surface area contributed by atoms with E-state index in [0.717, 1.165) is 17.1 Å². The molecule has 0 fully saturated rings. The van der Waals surface area contributed by atoms with E-state index in [1.807, 2.05) is 56.3 Å². The summed E-state index contributed by atoms with van der Waals surface area (Å²) in [4.78, 5) is 0. The maximum atomic E-state index is 5.86. The minimum atomic E-state index is 0.379. The lowest BCUT2D eigenvalue weighted by Crippen LogP contribution is -2.03. The van der Waals surface area contributed by atoms with Gasteiger partial charge in [-0.2, -0.15) is 0 Å². The molecule has 4 heteroatoms. The fourth-order valence-corrected chi connectivity index (χ4v) is 2.01. The van der Waals surface area contributed by atoms with E-state index in [1.165, 1.54) is 0 Å². The van der Waals surface area contributed by atoms with E-state index in [0.29, 0.717) is 31.3 Å². The fourth-order valence-electron chi connectivity index (χ4n) is 2.01. The Balaban J connectivity index is 2.14. The lowest BCUT2D eigenvalue weighted by molar-refractivity contribution is 0.261. The van der Waals surface area contributed by atoms with E-state index in [1.54, 1.807) is 0 Å². The van der Waals surface area contributed by atoms with Crippen molar-refractivity contribution in [3.8, 4) is 17.2 Å². The molecule has 0 amide bonds. The fraction of sp³-hybridized carbons (Fsp3) is 0.294. The van der Waals surface area contributed by atoms with Gasteiger partial charge in [0.05, 0.1) is 13.2 Å². The van der Waals surface area contributed by atoms with Gasteiger partial charge in [-0.25, -0.2) is 0 Å². The zero-order valence-corrected chi connectivity index (χ0v) is 12.5. The molecule has 0 atom stereocenters. The molecule has 0 aromatic heterocycles. The number of para-hydroxylation sites is 2. The lowest BCUT2D eigenvalue weighted by Gasteiger charge is -2.14. The molecule has 0 saturated carbocycles. The smallest absolute Gasteiger partial charge is 0.161 e. The highest BCUT2D eigenvalue weighted by Gasteiger charge is 2.08. The molecule has 0 heterocycles. The minimum absolute atomic E-state index is 0.379. The van der Waals surface area contributed by atoms with Crippen LogP contribution in [0.2, 0.25) is 0 Å². The first-order valence-corrected chi connectivity index (χ1v) is 7.10. The van der Waals surface area contributed by atoms with Gasteiger partial charge in [-0.3, -0.25) is 0 Å². The van der Waals surface area contributed by atoms with Gasteiger partial charge in [0.1, 0.15) is 12.4 Å². The molecule has 0 spiro atoms. The summed E-state index contributed by atoms with van der Waals surface area (Å²) < 4.78 is 17.0. The standard InChI is InChI=1S/C17H21NO3/c1-3-19-15-10-9-14(18)11-13(15)12-21-17-8-6-5-7-16(17)20-4-2/h5-11H,3-4,12,18H2,1-2H3. The van der Waals surface area contributed by atoms with Crippen LogP contribution in [0.1, 0.15) is 19.4 Å². The van der Waals surface area contributed by atoms with Crippen molar-refractivity contribution in [3.63, 3.8) is 0 Å². The molecule has 0 aliphatic rings. The summed E-state index contributed by atoms with van der Waals surface area (Å²) >= 11 is 0. The molecule has 21 heavy (non-hydrogen) atoms. The summed E-state index contributed by atoms with van der Waals surface area (Å²) in [5.41, 5.74) is 7.44. The summed E-state index contributed by atoms with van der Waals surface area (Å²) in [5.74, 6) is 2.24. The summed E-state index contributed by atoms with van der Waals surface area (Å²) in [6.07, 6.45) is 0. The zero-order valence-electron chi connectivity index (χ0n) is 12.5. The van der Waals surface area contributed by atoms with Crippen molar-refractivity contribution in [2.75, 3.05) is 18.9 Å². The molecule has 4 nitrogen and oxygen atoms in total. The van der Waals surface area contributed by atoms with Gasteiger partial charge in [-0.15, -0.1) is 0 Å². The highest BCUT2D eigenvalue weighted by Crippen LogP contribution is 2.29. The predicted octanol–water partition coefficient (Wildman–Crippen LogP) is 3.65. The van der Waals surface area contributed by atoms with E-state index in [9.17, 15) is 0 Å². The van der Waals surface area contributed by atoms with Crippen LogP contribution >= 0.6 is 0 Å². The van der Waals surface area contributed by atoms with Crippen molar-refractivity contribution in [3.05, 3.63) is 48.0 Å². The maximum Gasteiger partial charge on any atom is 0.161 e. The van der Waals surface area contributed by atoms with Gasteiger partial charge >= 0.3 is 0 Å². The Hall–Kier alpha value is -2.36. The van der Waals surface area contributed by atoms with E-state index < -0.39 is 0 Å². The van der Waals surface area contributed by atoms with Gasteiger partial charge in [0.25, 0.3) is 0 Å². The average Bonchev–Trinajstić information content (AvgIpc) is 2.49. The zero-order chi connectivity index (χ0) is 15.1. The second-order valence-corrected chi connectivity index (χ2v) is 4.47. The molecule has 112 valence electrons. The van der Waals surface area contributed by atoms with E-state index in [-0.39, 0.29) is 0 Å². The molecule has 0 aliphatic carbocycles. The number of hydrogen-bond acceptors (Lipinski definition) is 4. The van der Waals surface area contributed by atoms with Gasteiger partial charge in [-0.1, -0.05) is 12.1 Å². The van der Waals surface area contributed by atoms with Crippen molar-refractivity contribution >= 4 is 5.69 Å². The molecule has 0 bridgehead atoms. The van der Waals surface area contributed by atoms with Crippen LogP contribution in [0.3, 0.4) is 0 Å². The largest absolute Gasteiger partial charge is 0.493 e. The predicted molar refractivity (Wildman–Crippen MR) is 84.0 cm³/mol. The van der Waals surface area contributed by atoms with Crippen LogP contribution in [0.5, 0.6) is 17.2 Å². The number of hydrogen-bond donors (Lipinski definition) is 1. The third-order valence-corrected chi connectivity index (χ3v) is 2.92. The Morgan fingerprint density at radius 2 is 1.43 bits per heavy atom. The Bertz CT molecular complexity index is 584. The highest BCUT2D eigenvalue weighted by molar-refractivity contribution is 5.48. The first-order chi connectivity index (χ1) is 10.2. The second-order valence-electron chi connectivity index (χ2n) is 4.47. The van der Waals surface area contributed by atoms with Gasteiger partial charge in [0.15, 0.2) is 11.5 Å². The molecule has 2 N–H and O–H groups in total. The van der Waals surface area contributed by atoms with Crippen molar-refractivity contribution in [1.29, 1.82) is 0 Å². The number of rotatable bonds is 7. The van der Waals surface area contributed by atoms with E-state index in [2.05, 4.69) is 0 Å². The first-order valence-electron chi connectivity index (χ1n) is 7.10. The summed E-state index contributed by atoms with van der Waals surface area (Å²) in [6.45, 7) is 5.48. The second kappa shape index (κ2) is 7.43. The molecule has 2 aromatic carbocycles. The molecule has 0 unspecified atom stereocenters. The summed E-state index contributed by atoms with van der Waals surface area (Å²) in [6, 6.07) is 13.2. The van der Waals surface area contributed by atoms with Gasteiger partial charge in [-0.05, 0) is 44.2 Å². The van der Waals surface area contributed by atoms with Crippen LogP contribution < -0.4 is 19.9 Å². The first kappa shape index (κ1) is 15.0. The topological polar surface area (TPSA) is 53.7 Å². The van der Waals surface area contributed by atoms with Crippen molar-refractivity contribution in [2.24, 2.45) is 0 Å². The van der Waals surface area contributed by atoms with Gasteiger partial charge in [0.2, 0.25) is 0 Å². The van der Waals surface area contributed by atoms with Crippen LogP contribution in [-0.4, -0.2) is 13.2 Å². The molecular formula is C17H21NO3. The number of anilines is 1. The molecule has 0 aliphatic heterocycles. The molecule has 2 rings (SSSR count). The van der Waals surface area contributed by atoms with E-state index in [4.69, 9.17) is 19.9 Å². The molecular weight excluding hydrogens is 266 g/mol. The average molecular weight is 287 g/mol. The van der Waals surface area contributed by atoms with Crippen LogP contribution in [0.4, 0.5) is 5.69 Å². The van der Waals surface area contributed by atoms with Crippen LogP contribution in [0.25, 0.3) is 0 Å². The number of nitrogen functional groups attached to an aromatic ring is 1. The van der Waals surface area contributed by atoms with Crippen molar-refractivity contribution in [2.45, 2.75) is 20.5 Å². The Morgan fingerprint density at radius 1 is 0.810 bits per heavy atom. The third-order valence-electron chi connectivity index (χ3n) is 2.92. The number of benzene rings is 2. The molecule has 0 saturated heterocycles. The summed E-state index contributed by atoms with van der Waals surface area (Å²) in [5, 5.41) is 0. The van der Waals surface area contributed by atoms with Gasteiger partial charge < -0.3 is 19.9 Å². The molecule has 2 aromatic rings. The Morgan fingerprint density at radius 3 is 2.10 bits per heavy atom. The Kier molecular flexibility index (Phi) is 5.32. The van der Waals surface area contributed by atoms with Crippen LogP contribution in [0.15, 0.2) is 42.5 Å². The highest BCUT2D eigenvalue weighted by atomic mass is 16.5. The number of nitrogens with two attached hydrogens (primary N) is 1. The van der Waals surface area contributed by atoms with Gasteiger partial charge in [0, 0.05) is 11.3 Å².